The number of rotatable bonds is 4. The van der Waals surface area contributed by atoms with E-state index in [4.69, 9.17) is 4.42 Å². The molecule has 1 saturated heterocycles. The van der Waals surface area contributed by atoms with Crippen LogP contribution in [0, 0.1) is 6.92 Å². The number of hydrogen-bond donors (Lipinski definition) is 2. The number of nitrogens with zero attached hydrogens (tertiary/aromatic N) is 1. The SMILES string of the molecule is Cc1ccc(NC(=O)N2CCCC2CC(O)c2ccco2)cc1. The van der Waals surface area contributed by atoms with E-state index < -0.39 is 6.10 Å². The van der Waals surface area contributed by atoms with E-state index in [1.807, 2.05) is 36.1 Å². The fourth-order valence-corrected chi connectivity index (χ4v) is 3.04. The minimum Gasteiger partial charge on any atom is -0.467 e. The Hall–Kier alpha value is -2.27. The van der Waals surface area contributed by atoms with Gasteiger partial charge in [0.1, 0.15) is 11.9 Å². The molecule has 5 nitrogen and oxygen atoms in total. The number of carbonyl (C=O) groups is 1. The highest BCUT2D eigenvalue weighted by molar-refractivity contribution is 5.89. The molecule has 1 aliphatic rings. The molecule has 3 rings (SSSR count). The molecule has 2 aromatic rings. The maximum absolute atomic E-state index is 12.5. The van der Waals surface area contributed by atoms with Crippen molar-refractivity contribution in [3.63, 3.8) is 0 Å². The van der Waals surface area contributed by atoms with E-state index >= 15 is 0 Å². The monoisotopic (exact) mass is 314 g/mol. The molecule has 23 heavy (non-hydrogen) atoms. The van der Waals surface area contributed by atoms with Gasteiger partial charge < -0.3 is 19.7 Å². The first kappa shape index (κ1) is 15.6. The molecule has 0 spiro atoms. The van der Waals surface area contributed by atoms with E-state index in [1.165, 1.54) is 0 Å². The van der Waals surface area contributed by atoms with E-state index in [2.05, 4.69) is 5.32 Å². The summed E-state index contributed by atoms with van der Waals surface area (Å²) in [7, 11) is 0. The van der Waals surface area contributed by atoms with Gasteiger partial charge in [-0.2, -0.15) is 0 Å². The van der Waals surface area contributed by atoms with Crippen LogP contribution < -0.4 is 5.32 Å². The molecule has 1 aromatic heterocycles. The summed E-state index contributed by atoms with van der Waals surface area (Å²) in [5, 5.41) is 13.2. The summed E-state index contributed by atoms with van der Waals surface area (Å²) < 4.78 is 5.24. The zero-order valence-corrected chi connectivity index (χ0v) is 13.2. The summed E-state index contributed by atoms with van der Waals surface area (Å²) >= 11 is 0. The first-order chi connectivity index (χ1) is 11.1. The maximum Gasteiger partial charge on any atom is 0.322 e. The molecular weight excluding hydrogens is 292 g/mol. The Labute approximate surface area is 135 Å². The smallest absolute Gasteiger partial charge is 0.322 e. The Morgan fingerprint density at radius 2 is 2.17 bits per heavy atom. The largest absolute Gasteiger partial charge is 0.467 e. The molecule has 1 aromatic carbocycles. The third-order valence-corrected chi connectivity index (χ3v) is 4.31. The van der Waals surface area contributed by atoms with Crippen molar-refractivity contribution in [2.75, 3.05) is 11.9 Å². The van der Waals surface area contributed by atoms with Crippen molar-refractivity contribution in [2.24, 2.45) is 0 Å². The molecule has 2 heterocycles. The molecule has 0 bridgehead atoms. The third kappa shape index (κ3) is 3.74. The van der Waals surface area contributed by atoms with E-state index in [-0.39, 0.29) is 12.1 Å². The van der Waals surface area contributed by atoms with Crippen LogP contribution in [0.15, 0.2) is 47.1 Å². The Morgan fingerprint density at radius 1 is 1.39 bits per heavy atom. The zero-order valence-electron chi connectivity index (χ0n) is 13.2. The molecule has 2 N–H and O–H groups in total. The van der Waals surface area contributed by atoms with E-state index in [0.717, 1.165) is 24.1 Å². The van der Waals surface area contributed by atoms with Gasteiger partial charge in [-0.3, -0.25) is 0 Å². The van der Waals surface area contributed by atoms with Crippen LogP contribution in [0.25, 0.3) is 0 Å². The van der Waals surface area contributed by atoms with Crippen LogP contribution in [-0.4, -0.2) is 28.6 Å². The number of amides is 2. The number of benzene rings is 1. The van der Waals surface area contributed by atoms with Gasteiger partial charge in [0.2, 0.25) is 0 Å². The van der Waals surface area contributed by atoms with Crippen LogP contribution in [-0.2, 0) is 0 Å². The number of hydrogen-bond acceptors (Lipinski definition) is 3. The molecule has 1 aliphatic heterocycles. The van der Waals surface area contributed by atoms with Gasteiger partial charge in [-0.25, -0.2) is 4.79 Å². The number of anilines is 1. The fraction of sp³-hybridized carbons (Fsp3) is 0.389. The molecule has 2 atom stereocenters. The van der Waals surface area contributed by atoms with Crippen LogP contribution in [0.5, 0.6) is 0 Å². The number of urea groups is 1. The van der Waals surface area contributed by atoms with Crippen LogP contribution in [0.4, 0.5) is 10.5 Å². The van der Waals surface area contributed by atoms with E-state index in [0.29, 0.717) is 18.7 Å². The average molecular weight is 314 g/mol. The minimum absolute atomic E-state index is 0.0283. The molecule has 2 amide bonds. The van der Waals surface area contributed by atoms with Crippen LogP contribution in [0.3, 0.4) is 0 Å². The van der Waals surface area contributed by atoms with E-state index in [1.54, 1.807) is 18.4 Å². The van der Waals surface area contributed by atoms with Crippen molar-refractivity contribution in [2.45, 2.75) is 38.3 Å². The van der Waals surface area contributed by atoms with Gasteiger partial charge in [0.25, 0.3) is 0 Å². The standard InChI is InChI=1S/C18H22N2O3/c1-13-6-8-14(9-7-13)19-18(22)20-10-2-4-15(20)12-16(21)17-5-3-11-23-17/h3,5-9,11,15-16,21H,2,4,10,12H2,1H3,(H,19,22). The zero-order chi connectivity index (χ0) is 16.2. The van der Waals surface area contributed by atoms with Crippen molar-refractivity contribution >= 4 is 11.7 Å². The highest BCUT2D eigenvalue weighted by atomic mass is 16.4. The second-order valence-corrected chi connectivity index (χ2v) is 6.05. The predicted octanol–water partition coefficient (Wildman–Crippen LogP) is 3.71. The number of aliphatic hydroxyl groups is 1. The summed E-state index contributed by atoms with van der Waals surface area (Å²) in [5.74, 6) is 0.552. The lowest BCUT2D eigenvalue weighted by atomic mass is 10.1. The second-order valence-electron chi connectivity index (χ2n) is 6.05. The van der Waals surface area contributed by atoms with Gasteiger partial charge >= 0.3 is 6.03 Å². The Morgan fingerprint density at radius 3 is 2.87 bits per heavy atom. The molecule has 2 unspecified atom stereocenters. The Bertz CT molecular complexity index is 637. The second kappa shape index (κ2) is 6.87. The van der Waals surface area contributed by atoms with Gasteiger partial charge in [0.05, 0.1) is 6.26 Å². The van der Waals surface area contributed by atoms with Crippen LogP contribution in [0.1, 0.15) is 36.7 Å². The van der Waals surface area contributed by atoms with Gasteiger partial charge in [-0.1, -0.05) is 17.7 Å². The van der Waals surface area contributed by atoms with Crippen molar-refractivity contribution in [1.29, 1.82) is 0 Å². The average Bonchev–Trinajstić information content (AvgIpc) is 3.20. The van der Waals surface area contributed by atoms with Gasteiger partial charge in [0, 0.05) is 24.7 Å². The molecule has 0 saturated carbocycles. The predicted molar refractivity (Wildman–Crippen MR) is 88.2 cm³/mol. The topological polar surface area (TPSA) is 65.7 Å². The summed E-state index contributed by atoms with van der Waals surface area (Å²) in [6.07, 6.45) is 3.22. The van der Waals surface area contributed by atoms with Crippen LogP contribution in [0.2, 0.25) is 0 Å². The van der Waals surface area contributed by atoms with Crippen LogP contribution >= 0.6 is 0 Å². The number of carbonyl (C=O) groups excluding carboxylic acids is 1. The van der Waals surface area contributed by atoms with Crippen molar-refractivity contribution in [3.8, 4) is 0 Å². The molecule has 0 radical (unpaired) electrons. The van der Waals surface area contributed by atoms with Crippen molar-refractivity contribution in [3.05, 3.63) is 54.0 Å². The minimum atomic E-state index is -0.678. The van der Waals surface area contributed by atoms with Crippen molar-refractivity contribution < 1.29 is 14.3 Å². The Kier molecular flexibility index (Phi) is 4.67. The van der Waals surface area contributed by atoms with Gasteiger partial charge in [-0.15, -0.1) is 0 Å². The molecule has 0 aliphatic carbocycles. The van der Waals surface area contributed by atoms with Crippen molar-refractivity contribution in [1.82, 2.24) is 4.90 Å². The first-order valence-corrected chi connectivity index (χ1v) is 7.99. The molecule has 1 fully saturated rings. The lowest BCUT2D eigenvalue weighted by Crippen LogP contribution is -2.39. The molecule has 5 heteroatoms. The quantitative estimate of drug-likeness (QED) is 0.904. The third-order valence-electron chi connectivity index (χ3n) is 4.31. The highest BCUT2D eigenvalue weighted by Crippen LogP contribution is 2.28. The lowest BCUT2D eigenvalue weighted by molar-refractivity contribution is 0.110. The number of aliphatic hydroxyl groups excluding tert-OH is 1. The van der Waals surface area contributed by atoms with Gasteiger partial charge in [0.15, 0.2) is 0 Å². The summed E-state index contributed by atoms with van der Waals surface area (Å²) in [6, 6.07) is 11.2. The number of likely N-dealkylation sites (tertiary alicyclic amines) is 1. The summed E-state index contributed by atoms with van der Waals surface area (Å²) in [6.45, 7) is 2.73. The number of furan rings is 1. The highest BCUT2D eigenvalue weighted by Gasteiger charge is 2.31. The fourth-order valence-electron chi connectivity index (χ4n) is 3.04. The lowest BCUT2D eigenvalue weighted by Gasteiger charge is -2.26. The molecular formula is C18H22N2O3. The Balaban J connectivity index is 1.61. The van der Waals surface area contributed by atoms with Gasteiger partial charge in [-0.05, 0) is 44.0 Å². The molecule has 122 valence electrons. The summed E-state index contributed by atoms with van der Waals surface area (Å²) in [4.78, 5) is 14.3. The number of nitrogens with one attached hydrogen (secondary N) is 1. The van der Waals surface area contributed by atoms with E-state index in [9.17, 15) is 9.90 Å². The number of aryl methyl sites for hydroxylation is 1. The first-order valence-electron chi connectivity index (χ1n) is 7.99. The maximum atomic E-state index is 12.5. The normalized spacial score (nSPS) is 18.9. The summed E-state index contributed by atoms with van der Waals surface area (Å²) in [5.41, 5.74) is 1.95.